The van der Waals surface area contributed by atoms with Crippen LogP contribution in [0.3, 0.4) is 0 Å². The molecule has 0 amide bonds. The van der Waals surface area contributed by atoms with E-state index in [1.165, 1.54) is 11.6 Å². The average Bonchev–Trinajstić information content (AvgIpc) is 2.45. The summed E-state index contributed by atoms with van der Waals surface area (Å²) in [5.41, 5.74) is 4.40. The molecule has 0 bridgehead atoms. The maximum absolute atomic E-state index is 13.5. The minimum absolute atomic E-state index is 0.159. The summed E-state index contributed by atoms with van der Waals surface area (Å²) < 4.78 is 13.5. The summed E-state index contributed by atoms with van der Waals surface area (Å²) >= 11 is 6.10. The Morgan fingerprint density at radius 3 is 2.52 bits per heavy atom. The number of nitrogens with one attached hydrogen (secondary N) is 1. The number of hydrogen-bond acceptors (Lipinski definition) is 1. The SMILES string of the molecule is CCNC(Cc1cc(F)ccc1C)c1ccc(Cl)c(C)c1. The van der Waals surface area contributed by atoms with Crippen molar-refractivity contribution >= 4 is 11.6 Å². The fourth-order valence-corrected chi connectivity index (χ4v) is 2.64. The van der Waals surface area contributed by atoms with Gasteiger partial charge >= 0.3 is 0 Å². The molecule has 0 saturated carbocycles. The molecule has 0 aliphatic carbocycles. The molecule has 0 spiro atoms. The first-order valence-corrected chi connectivity index (χ1v) is 7.63. The molecule has 2 aromatic carbocycles. The highest BCUT2D eigenvalue weighted by atomic mass is 35.5. The van der Waals surface area contributed by atoms with Crippen molar-refractivity contribution in [3.63, 3.8) is 0 Å². The van der Waals surface area contributed by atoms with Crippen LogP contribution in [0.2, 0.25) is 5.02 Å². The van der Waals surface area contributed by atoms with E-state index in [2.05, 4.69) is 18.3 Å². The quantitative estimate of drug-likeness (QED) is 0.820. The third kappa shape index (κ3) is 4.05. The third-order valence-corrected chi connectivity index (χ3v) is 4.19. The van der Waals surface area contributed by atoms with E-state index in [1.54, 1.807) is 6.07 Å². The third-order valence-electron chi connectivity index (χ3n) is 3.77. The smallest absolute Gasteiger partial charge is 0.123 e. The van der Waals surface area contributed by atoms with Crippen molar-refractivity contribution in [3.05, 3.63) is 69.5 Å². The first-order valence-electron chi connectivity index (χ1n) is 7.25. The molecule has 2 rings (SSSR count). The summed E-state index contributed by atoms with van der Waals surface area (Å²) in [6.07, 6.45) is 0.762. The van der Waals surface area contributed by atoms with Gasteiger partial charge in [0.25, 0.3) is 0 Å². The fraction of sp³-hybridized carbons (Fsp3) is 0.333. The summed E-state index contributed by atoms with van der Waals surface area (Å²) in [5.74, 6) is -0.182. The zero-order valence-electron chi connectivity index (χ0n) is 12.7. The second-order valence-electron chi connectivity index (χ2n) is 5.39. The molecule has 1 atom stereocenters. The molecule has 3 heteroatoms. The van der Waals surface area contributed by atoms with Gasteiger partial charge < -0.3 is 5.32 Å². The van der Waals surface area contributed by atoms with Crippen LogP contribution in [0.25, 0.3) is 0 Å². The van der Waals surface area contributed by atoms with Crippen molar-refractivity contribution in [2.75, 3.05) is 6.54 Å². The molecule has 0 saturated heterocycles. The summed E-state index contributed by atoms with van der Waals surface area (Å²) in [4.78, 5) is 0. The first kappa shape index (κ1) is 16.0. The molecule has 2 aromatic rings. The van der Waals surface area contributed by atoms with E-state index in [1.807, 2.05) is 32.0 Å². The second-order valence-corrected chi connectivity index (χ2v) is 5.80. The standard InChI is InChI=1S/C18H21ClFN/c1-4-21-18(14-6-8-17(19)13(3)9-14)11-15-10-16(20)7-5-12(15)2/h5-10,18,21H,4,11H2,1-3H3. The molecule has 0 radical (unpaired) electrons. The Bertz CT molecular complexity index is 625. The van der Waals surface area contributed by atoms with Crippen molar-refractivity contribution in [3.8, 4) is 0 Å². The summed E-state index contributed by atoms with van der Waals surface area (Å²) in [6, 6.07) is 11.2. The minimum Gasteiger partial charge on any atom is -0.310 e. The van der Waals surface area contributed by atoms with Gasteiger partial charge in [0.15, 0.2) is 0 Å². The largest absolute Gasteiger partial charge is 0.310 e. The lowest BCUT2D eigenvalue weighted by molar-refractivity contribution is 0.545. The van der Waals surface area contributed by atoms with Crippen LogP contribution in [0.15, 0.2) is 36.4 Å². The topological polar surface area (TPSA) is 12.0 Å². The number of benzene rings is 2. The van der Waals surface area contributed by atoms with E-state index in [0.29, 0.717) is 0 Å². The molecule has 1 N–H and O–H groups in total. The normalized spacial score (nSPS) is 12.4. The molecule has 1 nitrogen and oxygen atoms in total. The van der Waals surface area contributed by atoms with Gasteiger partial charge in [-0.05, 0) is 67.3 Å². The molecular weight excluding hydrogens is 285 g/mol. The number of hydrogen-bond donors (Lipinski definition) is 1. The van der Waals surface area contributed by atoms with Crippen molar-refractivity contribution in [1.82, 2.24) is 5.32 Å². The van der Waals surface area contributed by atoms with Gasteiger partial charge in [0, 0.05) is 11.1 Å². The van der Waals surface area contributed by atoms with E-state index in [9.17, 15) is 4.39 Å². The highest BCUT2D eigenvalue weighted by Gasteiger charge is 2.14. The molecule has 0 aromatic heterocycles. The van der Waals surface area contributed by atoms with Gasteiger partial charge in [0.1, 0.15) is 5.82 Å². The van der Waals surface area contributed by atoms with Crippen LogP contribution in [-0.2, 0) is 6.42 Å². The molecule has 1 unspecified atom stereocenters. The van der Waals surface area contributed by atoms with Gasteiger partial charge in [0.2, 0.25) is 0 Å². The number of halogens is 2. The Balaban J connectivity index is 2.30. The predicted octanol–water partition coefficient (Wildman–Crippen LogP) is 4.99. The average molecular weight is 306 g/mol. The highest BCUT2D eigenvalue weighted by Crippen LogP contribution is 2.25. The zero-order chi connectivity index (χ0) is 15.4. The Kier molecular flexibility index (Phi) is 5.38. The van der Waals surface area contributed by atoms with Gasteiger partial charge in [-0.2, -0.15) is 0 Å². The van der Waals surface area contributed by atoms with Crippen LogP contribution in [0.5, 0.6) is 0 Å². The van der Waals surface area contributed by atoms with Crippen LogP contribution in [0.1, 0.15) is 35.2 Å². The van der Waals surface area contributed by atoms with Gasteiger partial charge in [-0.1, -0.05) is 36.7 Å². The molecular formula is C18H21ClFN. The van der Waals surface area contributed by atoms with Crippen LogP contribution >= 0.6 is 11.6 Å². The van der Waals surface area contributed by atoms with Crippen molar-refractivity contribution in [2.45, 2.75) is 33.2 Å². The van der Waals surface area contributed by atoms with Crippen LogP contribution < -0.4 is 5.32 Å². The summed E-state index contributed by atoms with van der Waals surface area (Å²) in [7, 11) is 0. The fourth-order valence-electron chi connectivity index (χ4n) is 2.52. The van der Waals surface area contributed by atoms with Gasteiger partial charge in [0.05, 0.1) is 0 Å². The molecule has 21 heavy (non-hydrogen) atoms. The Labute approximate surface area is 131 Å². The monoisotopic (exact) mass is 305 g/mol. The summed E-state index contributed by atoms with van der Waals surface area (Å²) in [6.45, 7) is 6.96. The molecule has 0 aliphatic heterocycles. The van der Waals surface area contributed by atoms with E-state index < -0.39 is 0 Å². The molecule has 0 heterocycles. The van der Waals surface area contributed by atoms with Crippen LogP contribution in [-0.4, -0.2) is 6.54 Å². The van der Waals surface area contributed by atoms with E-state index in [4.69, 9.17) is 11.6 Å². The molecule has 112 valence electrons. The number of rotatable bonds is 5. The van der Waals surface area contributed by atoms with Crippen molar-refractivity contribution < 1.29 is 4.39 Å². The zero-order valence-corrected chi connectivity index (χ0v) is 13.5. The molecule has 0 fully saturated rings. The Morgan fingerprint density at radius 2 is 1.86 bits per heavy atom. The van der Waals surface area contributed by atoms with Crippen molar-refractivity contribution in [2.24, 2.45) is 0 Å². The van der Waals surface area contributed by atoms with Crippen LogP contribution in [0, 0.1) is 19.7 Å². The Hall–Kier alpha value is -1.38. The van der Waals surface area contributed by atoms with Crippen LogP contribution in [0.4, 0.5) is 4.39 Å². The summed E-state index contributed by atoms with van der Waals surface area (Å²) in [5, 5.41) is 4.25. The van der Waals surface area contributed by atoms with Gasteiger partial charge in [-0.25, -0.2) is 4.39 Å². The number of aryl methyl sites for hydroxylation is 2. The maximum Gasteiger partial charge on any atom is 0.123 e. The van der Waals surface area contributed by atoms with E-state index in [0.717, 1.165) is 34.7 Å². The lowest BCUT2D eigenvalue weighted by Crippen LogP contribution is -2.23. The van der Waals surface area contributed by atoms with Gasteiger partial charge in [-0.3, -0.25) is 0 Å². The Morgan fingerprint density at radius 1 is 1.10 bits per heavy atom. The predicted molar refractivity (Wildman–Crippen MR) is 87.4 cm³/mol. The lowest BCUT2D eigenvalue weighted by atomic mass is 9.95. The van der Waals surface area contributed by atoms with E-state index >= 15 is 0 Å². The lowest BCUT2D eigenvalue weighted by Gasteiger charge is -2.20. The highest BCUT2D eigenvalue weighted by molar-refractivity contribution is 6.31. The maximum atomic E-state index is 13.5. The van der Waals surface area contributed by atoms with E-state index in [-0.39, 0.29) is 11.9 Å². The van der Waals surface area contributed by atoms with Crippen molar-refractivity contribution in [1.29, 1.82) is 0 Å². The van der Waals surface area contributed by atoms with Gasteiger partial charge in [-0.15, -0.1) is 0 Å². The number of likely N-dealkylation sites (N-methyl/N-ethyl adjacent to an activating group) is 1. The second kappa shape index (κ2) is 7.06. The minimum atomic E-state index is -0.182. The first-order chi connectivity index (χ1) is 10.0. The molecule has 0 aliphatic rings.